The SMILES string of the molecule is Cc1cccc(OCC(=O)NC(=S)NNC(=O)CCC(=O)Nc2ccc(C)c(C)c2)c1. The fraction of sp³-hybridized carbons (Fsp3) is 0.273. The van der Waals surface area contributed by atoms with E-state index in [9.17, 15) is 14.4 Å². The third kappa shape index (κ3) is 8.83. The fourth-order valence-electron chi connectivity index (χ4n) is 2.51. The van der Waals surface area contributed by atoms with Gasteiger partial charge in [-0.05, 0) is 73.9 Å². The van der Waals surface area contributed by atoms with Crippen LogP contribution in [0.4, 0.5) is 5.69 Å². The Labute approximate surface area is 186 Å². The Morgan fingerprint density at radius 1 is 0.871 bits per heavy atom. The minimum atomic E-state index is -0.471. The van der Waals surface area contributed by atoms with Crippen molar-refractivity contribution in [3.05, 3.63) is 59.2 Å². The number of anilines is 1. The van der Waals surface area contributed by atoms with Crippen molar-refractivity contribution in [3.8, 4) is 5.75 Å². The Balaban J connectivity index is 1.63. The van der Waals surface area contributed by atoms with E-state index < -0.39 is 11.8 Å². The minimum absolute atomic E-state index is 0.00386. The highest BCUT2D eigenvalue weighted by Gasteiger charge is 2.10. The zero-order valence-corrected chi connectivity index (χ0v) is 18.5. The van der Waals surface area contributed by atoms with E-state index in [1.165, 1.54) is 0 Å². The van der Waals surface area contributed by atoms with Crippen molar-refractivity contribution in [2.75, 3.05) is 11.9 Å². The molecule has 0 aliphatic heterocycles. The normalized spacial score (nSPS) is 10.0. The van der Waals surface area contributed by atoms with Gasteiger partial charge in [0.25, 0.3) is 5.91 Å². The molecule has 0 heterocycles. The van der Waals surface area contributed by atoms with Gasteiger partial charge in [0.15, 0.2) is 11.7 Å². The van der Waals surface area contributed by atoms with Crippen molar-refractivity contribution < 1.29 is 19.1 Å². The van der Waals surface area contributed by atoms with E-state index in [4.69, 9.17) is 17.0 Å². The van der Waals surface area contributed by atoms with E-state index >= 15 is 0 Å². The number of hydrazine groups is 1. The molecule has 31 heavy (non-hydrogen) atoms. The van der Waals surface area contributed by atoms with Crippen LogP contribution < -0.4 is 26.2 Å². The van der Waals surface area contributed by atoms with Gasteiger partial charge in [-0.2, -0.15) is 0 Å². The first-order valence-corrected chi connectivity index (χ1v) is 10.1. The van der Waals surface area contributed by atoms with E-state index in [1.54, 1.807) is 12.1 Å². The molecular weight excluding hydrogens is 416 g/mol. The smallest absolute Gasteiger partial charge is 0.264 e. The first-order chi connectivity index (χ1) is 14.7. The number of hydrogen-bond acceptors (Lipinski definition) is 5. The van der Waals surface area contributed by atoms with Crippen molar-refractivity contribution >= 4 is 40.7 Å². The van der Waals surface area contributed by atoms with Gasteiger partial charge in [-0.25, -0.2) is 0 Å². The van der Waals surface area contributed by atoms with Crippen LogP contribution in [-0.2, 0) is 14.4 Å². The molecule has 0 unspecified atom stereocenters. The first kappa shape index (κ1) is 23.8. The molecule has 2 rings (SSSR count). The van der Waals surface area contributed by atoms with Crippen LogP contribution in [-0.4, -0.2) is 29.4 Å². The van der Waals surface area contributed by atoms with Gasteiger partial charge in [-0.1, -0.05) is 18.2 Å². The van der Waals surface area contributed by atoms with Crippen LogP contribution in [0.2, 0.25) is 0 Å². The summed E-state index contributed by atoms with van der Waals surface area (Å²) in [6, 6.07) is 12.9. The van der Waals surface area contributed by atoms with E-state index in [0.29, 0.717) is 11.4 Å². The van der Waals surface area contributed by atoms with E-state index in [-0.39, 0.29) is 30.5 Å². The number of nitrogens with one attached hydrogen (secondary N) is 4. The fourth-order valence-corrected chi connectivity index (χ4v) is 2.67. The van der Waals surface area contributed by atoms with Crippen LogP contribution in [0.25, 0.3) is 0 Å². The Morgan fingerprint density at radius 2 is 1.61 bits per heavy atom. The molecule has 0 aliphatic carbocycles. The largest absolute Gasteiger partial charge is 0.484 e. The number of carbonyl (C=O) groups excluding carboxylic acids is 3. The van der Waals surface area contributed by atoms with Crippen LogP contribution in [0.3, 0.4) is 0 Å². The van der Waals surface area contributed by atoms with Crippen LogP contribution in [0.1, 0.15) is 29.5 Å². The zero-order chi connectivity index (χ0) is 22.8. The van der Waals surface area contributed by atoms with Gasteiger partial charge >= 0.3 is 0 Å². The van der Waals surface area contributed by atoms with Crippen molar-refractivity contribution in [2.24, 2.45) is 0 Å². The number of benzene rings is 2. The summed E-state index contributed by atoms with van der Waals surface area (Å²) in [5, 5.41) is 5.06. The number of aryl methyl sites for hydroxylation is 3. The van der Waals surface area contributed by atoms with Crippen molar-refractivity contribution in [2.45, 2.75) is 33.6 Å². The van der Waals surface area contributed by atoms with Crippen LogP contribution in [0.15, 0.2) is 42.5 Å². The van der Waals surface area contributed by atoms with Gasteiger partial charge < -0.3 is 10.1 Å². The second-order valence-electron chi connectivity index (χ2n) is 7.00. The molecule has 0 bridgehead atoms. The van der Waals surface area contributed by atoms with Gasteiger partial charge in [-0.3, -0.25) is 30.6 Å². The first-order valence-electron chi connectivity index (χ1n) is 9.68. The Bertz CT molecular complexity index is 978. The monoisotopic (exact) mass is 442 g/mol. The molecule has 0 saturated carbocycles. The number of ether oxygens (including phenoxy) is 1. The van der Waals surface area contributed by atoms with Crippen LogP contribution in [0.5, 0.6) is 5.75 Å². The molecule has 0 spiro atoms. The average molecular weight is 443 g/mol. The molecular formula is C22H26N4O4S. The van der Waals surface area contributed by atoms with Crippen LogP contribution >= 0.6 is 12.2 Å². The maximum atomic E-state index is 12.0. The molecule has 8 nitrogen and oxygen atoms in total. The summed E-state index contributed by atoms with van der Waals surface area (Å²) in [5.41, 5.74) is 8.66. The van der Waals surface area contributed by atoms with E-state index in [2.05, 4.69) is 21.5 Å². The van der Waals surface area contributed by atoms with Gasteiger partial charge in [0.2, 0.25) is 11.8 Å². The van der Waals surface area contributed by atoms with Crippen molar-refractivity contribution in [1.29, 1.82) is 0 Å². The lowest BCUT2D eigenvalue weighted by molar-refractivity contribution is -0.125. The highest BCUT2D eigenvalue weighted by molar-refractivity contribution is 7.80. The second kappa shape index (κ2) is 11.7. The molecule has 164 valence electrons. The molecule has 0 aromatic heterocycles. The summed E-state index contributed by atoms with van der Waals surface area (Å²) < 4.78 is 5.37. The summed E-state index contributed by atoms with van der Waals surface area (Å²) in [5.74, 6) is -0.618. The lowest BCUT2D eigenvalue weighted by atomic mass is 10.1. The van der Waals surface area contributed by atoms with Gasteiger partial charge in [0.1, 0.15) is 5.75 Å². The quantitative estimate of drug-likeness (QED) is 0.387. The Hall–Kier alpha value is -3.46. The van der Waals surface area contributed by atoms with E-state index in [1.807, 2.05) is 51.1 Å². The second-order valence-corrected chi connectivity index (χ2v) is 7.41. The zero-order valence-electron chi connectivity index (χ0n) is 17.7. The predicted molar refractivity (Wildman–Crippen MR) is 122 cm³/mol. The highest BCUT2D eigenvalue weighted by atomic mass is 32.1. The van der Waals surface area contributed by atoms with E-state index in [0.717, 1.165) is 16.7 Å². The maximum absolute atomic E-state index is 12.0. The molecule has 4 N–H and O–H groups in total. The Kier molecular flexibility index (Phi) is 8.95. The Morgan fingerprint density at radius 3 is 2.32 bits per heavy atom. The molecule has 0 saturated heterocycles. The van der Waals surface area contributed by atoms with Crippen LogP contribution in [0, 0.1) is 20.8 Å². The standard InChI is InChI=1S/C22H26N4O4S/c1-14-5-4-6-18(11-14)30-13-21(29)24-22(31)26-25-20(28)10-9-19(27)23-17-8-7-15(2)16(3)12-17/h4-8,11-12H,9-10,13H2,1-3H3,(H,23,27)(H,25,28)(H2,24,26,29,31). The number of carbonyl (C=O) groups is 3. The molecule has 2 aromatic carbocycles. The summed E-state index contributed by atoms with van der Waals surface area (Å²) in [6.07, 6.45) is -0.0411. The summed E-state index contributed by atoms with van der Waals surface area (Å²) >= 11 is 4.95. The molecule has 0 fully saturated rings. The molecule has 0 radical (unpaired) electrons. The highest BCUT2D eigenvalue weighted by Crippen LogP contribution is 2.14. The lowest BCUT2D eigenvalue weighted by Gasteiger charge is -2.12. The third-order valence-corrected chi connectivity index (χ3v) is 4.50. The summed E-state index contributed by atoms with van der Waals surface area (Å²) in [6.45, 7) is 5.64. The summed E-state index contributed by atoms with van der Waals surface area (Å²) in [7, 11) is 0. The molecule has 3 amide bonds. The third-order valence-electron chi connectivity index (χ3n) is 4.30. The lowest BCUT2D eigenvalue weighted by Crippen LogP contribution is -2.49. The molecule has 0 aliphatic rings. The van der Waals surface area contributed by atoms with Gasteiger partial charge in [-0.15, -0.1) is 0 Å². The number of amides is 3. The minimum Gasteiger partial charge on any atom is -0.484 e. The molecule has 9 heteroatoms. The number of thiocarbonyl (C=S) groups is 1. The maximum Gasteiger partial charge on any atom is 0.264 e. The average Bonchev–Trinajstić information content (AvgIpc) is 2.72. The molecule has 0 atom stereocenters. The topological polar surface area (TPSA) is 109 Å². The van der Waals surface area contributed by atoms with Crippen molar-refractivity contribution in [3.63, 3.8) is 0 Å². The van der Waals surface area contributed by atoms with Crippen molar-refractivity contribution in [1.82, 2.24) is 16.2 Å². The number of rotatable bonds is 7. The number of hydrogen-bond donors (Lipinski definition) is 4. The van der Waals surface area contributed by atoms with Gasteiger partial charge in [0, 0.05) is 18.5 Å². The molecule has 2 aromatic rings. The van der Waals surface area contributed by atoms with Gasteiger partial charge in [0.05, 0.1) is 0 Å². The predicted octanol–water partition coefficient (Wildman–Crippen LogP) is 2.43. The summed E-state index contributed by atoms with van der Waals surface area (Å²) in [4.78, 5) is 35.7.